The number of halogens is 5. The highest BCUT2D eigenvalue weighted by molar-refractivity contribution is 7.99. The number of aromatic hydroxyl groups is 1. The van der Waals surface area contributed by atoms with Crippen molar-refractivity contribution in [2.75, 3.05) is 0 Å². The van der Waals surface area contributed by atoms with Gasteiger partial charge in [-0.2, -0.15) is 13.2 Å². The molecule has 0 aliphatic carbocycles. The first-order chi connectivity index (χ1) is 16.3. The smallest absolute Gasteiger partial charge is 0.416 e. The molecule has 1 N–H and O–H groups in total. The van der Waals surface area contributed by atoms with E-state index in [4.69, 9.17) is 27.6 Å². The van der Waals surface area contributed by atoms with Crippen LogP contribution in [0.4, 0.5) is 13.2 Å². The van der Waals surface area contributed by atoms with Crippen molar-refractivity contribution in [3.63, 3.8) is 0 Å². The lowest BCUT2D eigenvalue weighted by Crippen LogP contribution is -2.24. The van der Waals surface area contributed by atoms with Gasteiger partial charge >= 0.3 is 11.8 Å². The van der Waals surface area contributed by atoms with Gasteiger partial charge in [-0.05, 0) is 36.4 Å². The second-order valence-corrected chi connectivity index (χ2v) is 10.4. The van der Waals surface area contributed by atoms with Crippen LogP contribution >= 0.6 is 35.0 Å². The second kappa shape index (κ2) is 7.81. The third-order valence-corrected chi connectivity index (χ3v) is 7.54. The Morgan fingerprint density at radius 1 is 1.06 bits per heavy atom. The molecule has 0 saturated heterocycles. The molecule has 0 amide bonds. The molecule has 11 heteroatoms. The van der Waals surface area contributed by atoms with E-state index >= 15 is 0 Å². The van der Waals surface area contributed by atoms with Crippen LogP contribution in [-0.4, -0.2) is 9.67 Å². The minimum atomic E-state index is -4.52. The Kier molecular flexibility index (Phi) is 5.32. The van der Waals surface area contributed by atoms with Crippen molar-refractivity contribution < 1.29 is 22.7 Å². The van der Waals surface area contributed by atoms with Crippen LogP contribution in [0.25, 0.3) is 16.7 Å². The first-order valence-electron chi connectivity index (χ1n) is 10.1. The first kappa shape index (κ1) is 23.8. The summed E-state index contributed by atoms with van der Waals surface area (Å²) in [6, 6.07) is 8.68. The van der Waals surface area contributed by atoms with E-state index in [0.29, 0.717) is 38.8 Å². The SMILES string of the molecule is CC1(C)c2c(Cl)cc(Cl)cc2-n2c1cc1oc(=O)c(Sc3ccc(C(F)(F)F)cc3)c(O)c1c2=O. The minimum Gasteiger partial charge on any atom is -0.505 e. The number of rotatable bonds is 2. The average molecular weight is 540 g/mol. The molecule has 3 heterocycles. The van der Waals surface area contributed by atoms with Crippen molar-refractivity contribution in [2.45, 2.75) is 35.2 Å². The van der Waals surface area contributed by atoms with Crippen LogP contribution in [0.2, 0.25) is 10.0 Å². The van der Waals surface area contributed by atoms with E-state index in [9.17, 15) is 27.9 Å². The Morgan fingerprint density at radius 3 is 2.34 bits per heavy atom. The standard InChI is InChI=1S/C24H14Cl2F3NO4S/c1-23(2)16-9-15-17(21(32)30(16)14-8-11(25)7-13(26)18(14)23)19(31)20(22(33)34-15)35-12-5-3-10(4-6-12)24(27,28)29/h3-9,31H,1-2H3. The van der Waals surface area contributed by atoms with Gasteiger partial charge in [0.25, 0.3) is 5.56 Å². The molecule has 0 spiro atoms. The lowest BCUT2D eigenvalue weighted by Gasteiger charge is -2.21. The maximum Gasteiger partial charge on any atom is 0.416 e. The van der Waals surface area contributed by atoms with Gasteiger partial charge in [0.2, 0.25) is 0 Å². The van der Waals surface area contributed by atoms with E-state index in [-0.39, 0.29) is 20.8 Å². The predicted molar refractivity (Wildman–Crippen MR) is 127 cm³/mol. The molecule has 4 aromatic rings. The molecule has 180 valence electrons. The van der Waals surface area contributed by atoms with Crippen LogP contribution in [-0.2, 0) is 11.6 Å². The fourth-order valence-corrected chi connectivity index (χ4v) is 5.89. The highest BCUT2D eigenvalue weighted by atomic mass is 35.5. The quantitative estimate of drug-likeness (QED) is 0.304. The lowest BCUT2D eigenvalue weighted by atomic mass is 9.83. The predicted octanol–water partition coefficient (Wildman–Crippen LogP) is 6.77. The Bertz CT molecular complexity index is 1660. The maximum absolute atomic E-state index is 13.6. The molecule has 2 aromatic heterocycles. The monoisotopic (exact) mass is 539 g/mol. The summed E-state index contributed by atoms with van der Waals surface area (Å²) in [5, 5.41) is 11.4. The summed E-state index contributed by atoms with van der Waals surface area (Å²) >= 11 is 13.3. The van der Waals surface area contributed by atoms with Gasteiger partial charge in [0, 0.05) is 37.7 Å². The summed E-state index contributed by atoms with van der Waals surface area (Å²) in [4.78, 5) is 26.2. The Hall–Kier alpha value is -2.88. The van der Waals surface area contributed by atoms with Crippen molar-refractivity contribution in [1.29, 1.82) is 0 Å². The zero-order chi connectivity index (χ0) is 25.4. The highest BCUT2D eigenvalue weighted by Crippen LogP contribution is 2.47. The average Bonchev–Trinajstić information content (AvgIpc) is 2.97. The normalized spacial score (nSPS) is 14.3. The van der Waals surface area contributed by atoms with Crippen molar-refractivity contribution in [3.05, 3.63) is 90.1 Å². The molecular weight excluding hydrogens is 526 g/mol. The number of nitrogens with zero attached hydrogens (tertiary/aromatic N) is 1. The van der Waals surface area contributed by atoms with E-state index in [1.54, 1.807) is 12.1 Å². The Labute approximate surface area is 209 Å². The molecule has 0 fully saturated rings. The fraction of sp³-hybridized carbons (Fsp3) is 0.167. The van der Waals surface area contributed by atoms with Crippen molar-refractivity contribution in [2.24, 2.45) is 0 Å². The maximum atomic E-state index is 13.6. The summed E-state index contributed by atoms with van der Waals surface area (Å²) in [7, 11) is 0. The van der Waals surface area contributed by atoms with Crippen molar-refractivity contribution in [1.82, 2.24) is 4.57 Å². The Morgan fingerprint density at radius 2 is 1.71 bits per heavy atom. The van der Waals surface area contributed by atoms with Crippen molar-refractivity contribution >= 4 is 45.9 Å². The van der Waals surface area contributed by atoms with Gasteiger partial charge in [-0.15, -0.1) is 0 Å². The van der Waals surface area contributed by atoms with Crippen LogP contribution in [0.1, 0.15) is 30.7 Å². The number of aromatic nitrogens is 1. The van der Waals surface area contributed by atoms with E-state index < -0.39 is 34.1 Å². The summed E-state index contributed by atoms with van der Waals surface area (Å²) in [5.41, 5.74) is -1.73. The van der Waals surface area contributed by atoms with Gasteiger partial charge in [0.1, 0.15) is 15.9 Å². The van der Waals surface area contributed by atoms with Crippen LogP contribution in [0.3, 0.4) is 0 Å². The summed E-state index contributed by atoms with van der Waals surface area (Å²) < 4.78 is 45.3. The van der Waals surface area contributed by atoms with E-state index in [0.717, 1.165) is 24.3 Å². The fourth-order valence-electron chi connectivity index (χ4n) is 4.34. The molecule has 0 radical (unpaired) electrons. The highest BCUT2D eigenvalue weighted by Gasteiger charge is 2.40. The van der Waals surface area contributed by atoms with Gasteiger partial charge in [-0.1, -0.05) is 48.8 Å². The third kappa shape index (κ3) is 3.64. The number of alkyl halides is 3. The van der Waals surface area contributed by atoms with Crippen LogP contribution < -0.4 is 11.2 Å². The molecule has 35 heavy (non-hydrogen) atoms. The molecule has 0 unspecified atom stereocenters. The van der Waals surface area contributed by atoms with Gasteiger partial charge < -0.3 is 9.52 Å². The molecule has 1 aliphatic rings. The first-order valence-corrected chi connectivity index (χ1v) is 11.7. The topological polar surface area (TPSA) is 72.4 Å². The molecular formula is C24H14Cl2F3NO4S. The number of hydrogen-bond donors (Lipinski definition) is 1. The molecule has 2 aromatic carbocycles. The molecule has 1 aliphatic heterocycles. The molecule has 5 rings (SSSR count). The number of benzene rings is 2. The number of hydrogen-bond acceptors (Lipinski definition) is 5. The van der Waals surface area contributed by atoms with Gasteiger partial charge in [0.15, 0.2) is 5.75 Å². The second-order valence-electron chi connectivity index (χ2n) is 8.51. The van der Waals surface area contributed by atoms with Crippen LogP contribution in [0, 0.1) is 0 Å². The van der Waals surface area contributed by atoms with Gasteiger partial charge in [0.05, 0.1) is 11.3 Å². The number of pyridine rings is 1. The van der Waals surface area contributed by atoms with Gasteiger partial charge in [-0.25, -0.2) is 4.79 Å². The molecule has 5 nitrogen and oxygen atoms in total. The summed E-state index contributed by atoms with van der Waals surface area (Å²) in [6.45, 7) is 3.70. The van der Waals surface area contributed by atoms with Gasteiger partial charge in [-0.3, -0.25) is 9.36 Å². The zero-order valence-corrected chi connectivity index (χ0v) is 20.3. The summed E-state index contributed by atoms with van der Waals surface area (Å²) in [6.07, 6.45) is -4.52. The van der Waals surface area contributed by atoms with Crippen molar-refractivity contribution in [3.8, 4) is 11.4 Å². The molecule has 0 saturated carbocycles. The molecule has 0 bridgehead atoms. The van der Waals surface area contributed by atoms with E-state index in [2.05, 4.69) is 0 Å². The van der Waals surface area contributed by atoms with Crippen LogP contribution in [0.5, 0.6) is 5.75 Å². The van der Waals surface area contributed by atoms with Crippen LogP contribution in [0.15, 0.2) is 66.3 Å². The summed E-state index contributed by atoms with van der Waals surface area (Å²) in [5.74, 6) is -0.624. The largest absolute Gasteiger partial charge is 0.505 e. The minimum absolute atomic E-state index is 0.122. The molecule has 0 atom stereocenters. The zero-order valence-electron chi connectivity index (χ0n) is 18.0. The third-order valence-electron chi connectivity index (χ3n) is 5.95. The Balaban J connectivity index is 1.72. The van der Waals surface area contributed by atoms with E-state index in [1.165, 1.54) is 10.6 Å². The lowest BCUT2D eigenvalue weighted by molar-refractivity contribution is -0.137. The number of fused-ring (bicyclic) bond motifs is 4. The van der Waals surface area contributed by atoms with E-state index in [1.807, 2.05) is 13.8 Å².